The van der Waals surface area contributed by atoms with Crippen LogP contribution in [-0.4, -0.2) is 42.1 Å². The molecule has 0 bridgehead atoms. The Morgan fingerprint density at radius 2 is 1.92 bits per heavy atom. The minimum atomic E-state index is -0.786. The van der Waals surface area contributed by atoms with Crippen molar-refractivity contribution in [2.45, 2.75) is 57.0 Å². The van der Waals surface area contributed by atoms with Crippen molar-refractivity contribution >= 4 is 28.1 Å². The Morgan fingerprint density at radius 3 is 2.60 bits per heavy atom. The highest BCUT2D eigenvalue weighted by Gasteiger charge is 2.52. The number of esters is 1. The Hall–Kier alpha value is -1.60. The van der Waals surface area contributed by atoms with Gasteiger partial charge in [-0.15, -0.1) is 0 Å². The largest absolute Gasteiger partial charge is 0.509 e. The van der Waals surface area contributed by atoms with E-state index in [1.54, 1.807) is 24.3 Å². The fourth-order valence-electron chi connectivity index (χ4n) is 3.17. The highest BCUT2D eigenvalue weighted by atomic mass is 79.9. The van der Waals surface area contributed by atoms with E-state index in [4.69, 9.17) is 18.9 Å². The summed E-state index contributed by atoms with van der Waals surface area (Å²) >= 11 is 3.34. The maximum absolute atomic E-state index is 12.5. The van der Waals surface area contributed by atoms with Gasteiger partial charge in [0.25, 0.3) is 0 Å². The summed E-state index contributed by atoms with van der Waals surface area (Å²) in [5, 5.41) is 0. The number of cyclic esters (lactones) is 1. The molecule has 2 saturated heterocycles. The van der Waals surface area contributed by atoms with Gasteiger partial charge >= 0.3 is 12.1 Å². The highest BCUT2D eigenvalue weighted by Crippen LogP contribution is 2.39. The molecule has 0 radical (unpaired) electrons. The molecule has 1 aromatic rings. The van der Waals surface area contributed by atoms with Crippen molar-refractivity contribution < 1.29 is 28.5 Å². The zero-order valence-corrected chi connectivity index (χ0v) is 16.0. The van der Waals surface area contributed by atoms with E-state index in [2.05, 4.69) is 15.9 Å². The summed E-state index contributed by atoms with van der Waals surface area (Å²) in [5.41, 5.74) is -1.05. The Morgan fingerprint density at radius 1 is 1.24 bits per heavy atom. The average Bonchev–Trinajstić information content (AvgIpc) is 2.63. The van der Waals surface area contributed by atoms with Gasteiger partial charge in [0.05, 0.1) is 5.56 Å². The molecule has 0 aromatic heterocycles. The van der Waals surface area contributed by atoms with Gasteiger partial charge in [-0.25, -0.2) is 9.59 Å². The number of benzene rings is 1. The van der Waals surface area contributed by atoms with Crippen LogP contribution in [0.15, 0.2) is 28.7 Å². The number of rotatable bonds is 2. The van der Waals surface area contributed by atoms with Crippen molar-refractivity contribution in [3.05, 3.63) is 34.3 Å². The summed E-state index contributed by atoms with van der Waals surface area (Å²) in [7, 11) is 0. The zero-order chi connectivity index (χ0) is 18.2. The van der Waals surface area contributed by atoms with Crippen molar-refractivity contribution in [2.24, 2.45) is 0 Å². The number of carbonyl (C=O) groups excluding carboxylic acids is 2. The van der Waals surface area contributed by atoms with Crippen LogP contribution in [0.25, 0.3) is 0 Å². The highest BCUT2D eigenvalue weighted by molar-refractivity contribution is 9.10. The van der Waals surface area contributed by atoms with Gasteiger partial charge in [0.2, 0.25) is 0 Å². The number of halogens is 1. The molecule has 0 aliphatic carbocycles. The van der Waals surface area contributed by atoms with Crippen LogP contribution < -0.4 is 0 Å². The van der Waals surface area contributed by atoms with E-state index in [1.807, 2.05) is 20.8 Å². The fourth-order valence-corrected chi connectivity index (χ4v) is 3.43. The lowest BCUT2D eigenvalue weighted by atomic mass is 9.91. The molecule has 0 saturated carbocycles. The maximum Gasteiger partial charge on any atom is 0.509 e. The predicted molar refractivity (Wildman–Crippen MR) is 92.4 cm³/mol. The normalized spacial score (nSPS) is 31.1. The van der Waals surface area contributed by atoms with Crippen LogP contribution in [-0.2, 0) is 18.9 Å². The van der Waals surface area contributed by atoms with Crippen LogP contribution in [0.5, 0.6) is 0 Å². The molecule has 2 fully saturated rings. The molecule has 3 atom stereocenters. The molecule has 136 valence electrons. The lowest BCUT2D eigenvalue weighted by Crippen LogP contribution is -2.53. The monoisotopic (exact) mass is 412 g/mol. The number of hydrogen-bond acceptors (Lipinski definition) is 6. The standard InChI is InChI=1S/C18H21BrO6/c1-17(2)13(23-15(20)11-4-6-12(19)7-5-11)8-9-18(3)14(24-17)10-22-16(21)25-18/h4-7,13-14H,8-10H2,1-3H3/t13-,14-,18+/m1/s1. The van der Waals surface area contributed by atoms with Crippen LogP contribution in [0.1, 0.15) is 44.0 Å². The van der Waals surface area contributed by atoms with Gasteiger partial charge in [0, 0.05) is 4.47 Å². The Bertz CT molecular complexity index is 671. The summed E-state index contributed by atoms with van der Waals surface area (Å²) in [4.78, 5) is 23.9. The van der Waals surface area contributed by atoms with Crippen molar-refractivity contribution in [2.75, 3.05) is 6.61 Å². The lowest BCUT2D eigenvalue weighted by Gasteiger charge is -2.40. The second kappa shape index (κ2) is 6.61. The van der Waals surface area contributed by atoms with E-state index >= 15 is 0 Å². The first kappa shape index (κ1) is 18.2. The fraction of sp³-hybridized carbons (Fsp3) is 0.556. The maximum atomic E-state index is 12.5. The summed E-state index contributed by atoms with van der Waals surface area (Å²) in [6.45, 7) is 5.70. The van der Waals surface area contributed by atoms with Gasteiger partial charge in [-0.1, -0.05) is 15.9 Å². The van der Waals surface area contributed by atoms with E-state index < -0.39 is 35.5 Å². The van der Waals surface area contributed by atoms with Crippen LogP contribution in [0.4, 0.5) is 4.79 Å². The van der Waals surface area contributed by atoms with Gasteiger partial charge in [-0.2, -0.15) is 0 Å². The van der Waals surface area contributed by atoms with Gasteiger partial charge in [0.15, 0.2) is 0 Å². The molecular formula is C18H21BrO6. The minimum Gasteiger partial charge on any atom is -0.456 e. The SMILES string of the molecule is CC1(C)O[C@@H]2COC(=O)O[C@@]2(C)CC[C@H]1OC(=O)c1ccc(Br)cc1. The van der Waals surface area contributed by atoms with E-state index in [9.17, 15) is 9.59 Å². The zero-order valence-electron chi connectivity index (χ0n) is 14.4. The first-order valence-corrected chi connectivity index (χ1v) is 8.99. The molecule has 6 nitrogen and oxygen atoms in total. The van der Waals surface area contributed by atoms with Crippen molar-refractivity contribution in [1.29, 1.82) is 0 Å². The van der Waals surface area contributed by atoms with Crippen LogP contribution in [0, 0.1) is 0 Å². The van der Waals surface area contributed by atoms with Crippen molar-refractivity contribution in [1.82, 2.24) is 0 Å². The molecule has 3 rings (SSSR count). The predicted octanol–water partition coefficient (Wildman–Crippen LogP) is 3.86. The van der Waals surface area contributed by atoms with Gasteiger partial charge < -0.3 is 18.9 Å². The molecule has 0 unspecified atom stereocenters. The molecule has 1 aromatic carbocycles. The van der Waals surface area contributed by atoms with Gasteiger partial charge in [-0.05, 0) is 57.9 Å². The molecule has 2 aliphatic rings. The molecule has 0 spiro atoms. The van der Waals surface area contributed by atoms with E-state index in [1.165, 1.54) is 0 Å². The van der Waals surface area contributed by atoms with Gasteiger partial charge in [0.1, 0.15) is 30.0 Å². The quantitative estimate of drug-likeness (QED) is 0.686. The first-order chi connectivity index (χ1) is 11.7. The molecule has 0 N–H and O–H groups in total. The lowest BCUT2D eigenvalue weighted by molar-refractivity contribution is -0.210. The van der Waals surface area contributed by atoms with Crippen molar-refractivity contribution in [3.63, 3.8) is 0 Å². The Labute approximate surface area is 154 Å². The topological polar surface area (TPSA) is 71.1 Å². The van der Waals surface area contributed by atoms with E-state index in [-0.39, 0.29) is 6.61 Å². The Balaban J connectivity index is 1.76. The summed E-state index contributed by atoms with van der Waals surface area (Å²) in [5.74, 6) is -0.405. The third-order valence-corrected chi connectivity index (χ3v) is 5.33. The third-order valence-electron chi connectivity index (χ3n) is 4.80. The summed E-state index contributed by atoms with van der Waals surface area (Å²) in [6.07, 6.45) is -0.517. The first-order valence-electron chi connectivity index (χ1n) is 8.20. The summed E-state index contributed by atoms with van der Waals surface area (Å²) in [6, 6.07) is 6.98. The Kier molecular flexibility index (Phi) is 4.81. The molecular weight excluding hydrogens is 392 g/mol. The molecule has 25 heavy (non-hydrogen) atoms. The summed E-state index contributed by atoms with van der Waals surface area (Å²) < 4.78 is 23.1. The molecule has 2 aliphatic heterocycles. The van der Waals surface area contributed by atoms with Gasteiger partial charge in [-0.3, -0.25) is 0 Å². The number of fused-ring (bicyclic) bond motifs is 1. The smallest absolute Gasteiger partial charge is 0.456 e. The molecule has 0 amide bonds. The van der Waals surface area contributed by atoms with Crippen LogP contribution >= 0.6 is 15.9 Å². The van der Waals surface area contributed by atoms with E-state index in [0.29, 0.717) is 18.4 Å². The van der Waals surface area contributed by atoms with Crippen molar-refractivity contribution in [3.8, 4) is 0 Å². The third kappa shape index (κ3) is 3.82. The van der Waals surface area contributed by atoms with Crippen LogP contribution in [0.3, 0.4) is 0 Å². The average molecular weight is 413 g/mol. The number of carbonyl (C=O) groups is 2. The molecule has 2 heterocycles. The minimum absolute atomic E-state index is 0.131. The second-order valence-corrected chi connectivity index (χ2v) is 8.04. The second-order valence-electron chi connectivity index (χ2n) is 7.13. The molecule has 7 heteroatoms. The number of hydrogen-bond donors (Lipinski definition) is 0. The van der Waals surface area contributed by atoms with E-state index in [0.717, 1.165) is 4.47 Å². The number of ether oxygens (including phenoxy) is 4. The van der Waals surface area contributed by atoms with Crippen LogP contribution in [0.2, 0.25) is 0 Å².